The summed E-state index contributed by atoms with van der Waals surface area (Å²) in [6, 6.07) is 67.7. The summed E-state index contributed by atoms with van der Waals surface area (Å²) in [6.07, 6.45) is -12.2. The predicted molar refractivity (Wildman–Crippen MR) is 420 cm³/mol. The van der Waals surface area contributed by atoms with Gasteiger partial charge < -0.3 is 66.0 Å². The standard InChI is InChI=1S/C45H52F3NO7.C45H66O7Si/c1-30-31(2)38(28-50-25-34-17-9-5-10-18-34)53-42(32(30)3)55-40-33(4)41(52-27-36-21-13-7-14-22-36)43(54-39(40)29-51-26-35-19-11-6-12-20-35)56-44(45(46,47)48)49-37-23-15-8-16-24-37;1-31(2)45(7,8)53(9,10)52-44-42(48-28-38-24-18-13-19-25-38)35(6)41(40(50-44)30-47-27-37-22-16-12-17-23-37)51-43-34(5)32(3)33(4)39(49-43)29-46-26-36-20-14-11-15-21-36/h5-24,30-33,38-43H,25-29H2,1-4H3;11-25,31-35,39-44H,26-30H2,1-10H3/t30-,31-,32?,33-,38?,39?,40+,41?,42+,43?;32-,33-,34?,35-,39?,40?,41+,42?,43+,44-/m00/s1. The molecule has 4 heterocycles. The number of benzene rings is 7. The van der Waals surface area contributed by atoms with Crippen LogP contribution in [0.15, 0.2) is 217 Å². The number of alkyl halides is 3. The van der Waals surface area contributed by atoms with Crippen molar-refractivity contribution in [2.75, 3.05) is 26.4 Å². The van der Waals surface area contributed by atoms with E-state index in [2.05, 4.69) is 131 Å². The van der Waals surface area contributed by atoms with E-state index in [-0.39, 0.29) is 84.6 Å². The average Bonchev–Trinajstić information content (AvgIpc) is 0.774. The maximum Gasteiger partial charge on any atom is 0.468 e. The minimum absolute atomic E-state index is 0.00299. The molecule has 0 aliphatic carbocycles. The van der Waals surface area contributed by atoms with Gasteiger partial charge in [-0.1, -0.05) is 283 Å². The highest BCUT2D eigenvalue weighted by atomic mass is 28.4. The van der Waals surface area contributed by atoms with Gasteiger partial charge in [0.2, 0.25) is 6.29 Å². The first-order chi connectivity index (χ1) is 52.3. The molecule has 4 aliphatic rings. The Morgan fingerprint density at radius 3 is 0.991 bits per heavy atom. The lowest BCUT2D eigenvalue weighted by Crippen LogP contribution is -2.62. The van der Waals surface area contributed by atoms with Crippen molar-refractivity contribution in [3.63, 3.8) is 0 Å². The van der Waals surface area contributed by atoms with Gasteiger partial charge >= 0.3 is 6.18 Å². The molecule has 0 N–H and O–H groups in total. The number of ether oxygens (including phenoxy) is 13. The molecule has 15 nitrogen and oxygen atoms in total. The number of aliphatic imine (C=N–C) groups is 1. The van der Waals surface area contributed by atoms with Gasteiger partial charge in [-0.15, -0.1) is 0 Å². The van der Waals surface area contributed by atoms with E-state index in [1.165, 1.54) is 12.1 Å². The summed E-state index contributed by atoms with van der Waals surface area (Å²) in [4.78, 5) is 3.86. The second kappa shape index (κ2) is 40.8. The van der Waals surface area contributed by atoms with Gasteiger partial charge in [-0.2, -0.15) is 13.2 Å². The summed E-state index contributed by atoms with van der Waals surface area (Å²) in [6.45, 7) is 34.7. The Kier molecular flexibility index (Phi) is 31.8. The minimum atomic E-state index is -4.92. The Hall–Kier alpha value is -6.50. The molecule has 0 spiro atoms. The highest BCUT2D eigenvalue weighted by Crippen LogP contribution is 2.48. The molecule has 109 heavy (non-hydrogen) atoms. The lowest BCUT2D eigenvalue weighted by molar-refractivity contribution is -0.336. The van der Waals surface area contributed by atoms with Crippen LogP contribution >= 0.6 is 0 Å². The zero-order chi connectivity index (χ0) is 77.7. The van der Waals surface area contributed by atoms with Crippen LogP contribution in [0.1, 0.15) is 116 Å². The van der Waals surface area contributed by atoms with E-state index in [1.807, 2.05) is 153 Å². The Bertz CT molecular complexity index is 3740. The van der Waals surface area contributed by atoms with Crippen LogP contribution in [0.3, 0.4) is 0 Å². The molecule has 11 rings (SSSR count). The number of rotatable bonds is 32. The molecular formula is C90H118F3NO14Si. The van der Waals surface area contributed by atoms with Crippen LogP contribution in [-0.4, -0.2) is 121 Å². The second-order valence-corrected chi connectivity index (χ2v) is 36.2. The van der Waals surface area contributed by atoms with E-state index in [4.69, 9.17) is 66.0 Å². The third-order valence-corrected chi connectivity index (χ3v) is 28.0. The average molecular weight is 1520 g/mol. The van der Waals surface area contributed by atoms with E-state index in [0.717, 1.165) is 33.4 Å². The van der Waals surface area contributed by atoms with Gasteiger partial charge in [0.1, 0.15) is 24.4 Å². The maximum atomic E-state index is 14.6. The fraction of sp³-hybridized carbons (Fsp3) is 0.522. The van der Waals surface area contributed by atoms with Crippen molar-refractivity contribution < 1.29 is 79.2 Å². The number of para-hydroxylation sites is 1. The molecule has 0 amide bonds. The second-order valence-electron chi connectivity index (χ2n) is 31.6. The minimum Gasteiger partial charge on any atom is -0.441 e. The quantitative estimate of drug-likeness (QED) is 0.0224. The molecule has 0 radical (unpaired) electrons. The summed E-state index contributed by atoms with van der Waals surface area (Å²) in [5.41, 5.74) is 6.30. The number of nitrogens with zero attached hydrogens (tertiary/aromatic N) is 1. The van der Waals surface area contributed by atoms with Crippen LogP contribution in [0.4, 0.5) is 18.9 Å². The Balaban J connectivity index is 0.000000233. The van der Waals surface area contributed by atoms with Crippen molar-refractivity contribution in [1.82, 2.24) is 0 Å². The van der Waals surface area contributed by atoms with Gasteiger partial charge in [-0.05, 0) is 93.2 Å². The van der Waals surface area contributed by atoms with E-state index in [0.29, 0.717) is 64.0 Å². The molecule has 592 valence electrons. The van der Waals surface area contributed by atoms with Crippen molar-refractivity contribution in [3.05, 3.63) is 246 Å². The van der Waals surface area contributed by atoms with Gasteiger partial charge in [0, 0.05) is 23.7 Å². The van der Waals surface area contributed by atoms with Gasteiger partial charge in [-0.3, -0.25) is 0 Å². The molecule has 19 heteroatoms. The monoisotopic (exact) mass is 1520 g/mol. The Morgan fingerprint density at radius 2 is 0.661 bits per heavy atom. The largest absolute Gasteiger partial charge is 0.468 e. The van der Waals surface area contributed by atoms with Gasteiger partial charge in [0.25, 0.3) is 5.90 Å². The van der Waals surface area contributed by atoms with Crippen molar-refractivity contribution in [3.8, 4) is 0 Å². The number of hydrogen-bond acceptors (Lipinski definition) is 15. The third-order valence-electron chi connectivity index (χ3n) is 23.5. The molecule has 4 fully saturated rings. The van der Waals surface area contributed by atoms with E-state index >= 15 is 0 Å². The molecule has 9 unspecified atom stereocenters. The molecule has 0 bridgehead atoms. The number of halogens is 3. The topological polar surface area (TPSA) is 142 Å². The van der Waals surface area contributed by atoms with Crippen LogP contribution in [0, 0.1) is 53.3 Å². The molecule has 7 aromatic carbocycles. The van der Waals surface area contributed by atoms with E-state index < -0.39 is 75.9 Å². The first kappa shape index (κ1) is 84.9. The summed E-state index contributed by atoms with van der Waals surface area (Å²) >= 11 is 0. The Labute approximate surface area is 647 Å². The van der Waals surface area contributed by atoms with Crippen molar-refractivity contribution in [2.24, 2.45) is 58.3 Å². The molecule has 4 saturated heterocycles. The molecular weight excluding hydrogens is 1400 g/mol. The predicted octanol–water partition coefficient (Wildman–Crippen LogP) is 19.7. The smallest absolute Gasteiger partial charge is 0.441 e. The Morgan fingerprint density at radius 1 is 0.367 bits per heavy atom. The molecule has 7 aromatic rings. The van der Waals surface area contributed by atoms with Crippen molar-refractivity contribution >= 4 is 19.9 Å². The van der Waals surface area contributed by atoms with Crippen molar-refractivity contribution in [2.45, 2.75) is 221 Å². The molecule has 0 aromatic heterocycles. The van der Waals surface area contributed by atoms with Gasteiger partial charge in [-0.25, -0.2) is 4.99 Å². The third kappa shape index (κ3) is 23.8. The fourth-order valence-electron chi connectivity index (χ4n) is 14.5. The van der Waals surface area contributed by atoms with Crippen LogP contribution < -0.4 is 0 Å². The molecule has 4 aliphatic heterocycles. The number of hydrogen-bond donors (Lipinski definition) is 0. The SMILES string of the molecule is CC1[C@@H](O[C@H]2C(COCc3ccccc3)OC(OC(=Nc3ccccc3)C(F)(F)F)C(OCc3ccccc3)[C@H]2C)OC(COCc2ccccc2)[C@@H](C)[C@@H]1C.CC1[C@@H](O[C@H]2C(COCc3ccccc3)O[C@@H](O[Si](C)(C)C(C)(C)C(C)C)C(OCc3ccccc3)[C@H]2C)OC(COCc2ccccc2)[C@@H](C)[C@@H]1C. The highest BCUT2D eigenvalue weighted by Gasteiger charge is 2.55. The van der Waals surface area contributed by atoms with Crippen molar-refractivity contribution in [1.29, 1.82) is 0 Å². The summed E-state index contributed by atoms with van der Waals surface area (Å²) < 4.78 is 136. The van der Waals surface area contributed by atoms with E-state index in [1.54, 1.807) is 18.2 Å². The van der Waals surface area contributed by atoms with Gasteiger partial charge in [0.05, 0.1) is 96.2 Å². The molecule has 0 saturated carbocycles. The summed E-state index contributed by atoms with van der Waals surface area (Å²) in [7, 11) is -2.34. The first-order valence-corrected chi connectivity index (χ1v) is 42.0. The fourth-order valence-corrected chi connectivity index (χ4v) is 17.0. The van der Waals surface area contributed by atoms with E-state index in [9.17, 15) is 13.2 Å². The molecule has 20 atom stereocenters. The lowest BCUT2D eigenvalue weighted by Gasteiger charge is -2.51. The first-order valence-electron chi connectivity index (χ1n) is 39.1. The summed E-state index contributed by atoms with van der Waals surface area (Å²) in [5, 5.41) is -0.00791. The zero-order valence-corrected chi connectivity index (χ0v) is 67.2. The van der Waals surface area contributed by atoms with Crippen LogP contribution in [0.25, 0.3) is 0 Å². The van der Waals surface area contributed by atoms with Crippen LogP contribution in [0.5, 0.6) is 0 Å². The normalized spacial score (nSPS) is 29.1. The van der Waals surface area contributed by atoms with Crippen LogP contribution in [-0.2, 0) is 106 Å². The maximum absolute atomic E-state index is 14.6. The van der Waals surface area contributed by atoms with Gasteiger partial charge in [0.15, 0.2) is 27.2 Å². The lowest BCUT2D eigenvalue weighted by atomic mass is 9.79. The highest BCUT2D eigenvalue weighted by molar-refractivity contribution is 6.74. The summed E-state index contributed by atoms with van der Waals surface area (Å²) in [5.74, 6) is -0.464. The zero-order valence-electron chi connectivity index (χ0n) is 66.2. The van der Waals surface area contributed by atoms with Crippen LogP contribution in [0.2, 0.25) is 18.1 Å².